The summed E-state index contributed by atoms with van der Waals surface area (Å²) in [6.07, 6.45) is 0. The summed E-state index contributed by atoms with van der Waals surface area (Å²) in [5.41, 5.74) is 0.661. The van der Waals surface area contributed by atoms with Gasteiger partial charge in [-0.25, -0.2) is 5.09 Å². The van der Waals surface area contributed by atoms with E-state index >= 15 is 0 Å². The predicted molar refractivity (Wildman–Crippen MR) is 223 cm³/mol. The van der Waals surface area contributed by atoms with E-state index in [-0.39, 0.29) is 34.5 Å². The van der Waals surface area contributed by atoms with Gasteiger partial charge < -0.3 is 35.4 Å². The maximum atomic E-state index is 10.2. The summed E-state index contributed by atoms with van der Waals surface area (Å²) in [7, 11) is -10.5. The van der Waals surface area contributed by atoms with Crippen LogP contribution in [-0.2, 0) is 0 Å². The number of benzene rings is 6. The topological polar surface area (TPSA) is 216 Å². The average molecular weight is 846 g/mol. The minimum Gasteiger partial charge on any atom is -0.508 e. The van der Waals surface area contributed by atoms with Crippen molar-refractivity contribution in [3.63, 3.8) is 0 Å². The molecule has 0 aromatic heterocycles. The second kappa shape index (κ2) is 15.8. The van der Waals surface area contributed by atoms with Crippen LogP contribution in [0.1, 0.15) is 6.92 Å². The van der Waals surface area contributed by atoms with Crippen LogP contribution in [0.3, 0.4) is 0 Å². The summed E-state index contributed by atoms with van der Waals surface area (Å²) in [5, 5.41) is 72.3. The summed E-state index contributed by atoms with van der Waals surface area (Å²) in [6, 6.07) is 37.5. The molecule has 4 atom stereocenters. The number of hydrogen-bond donors (Lipinski definition) is 10. The van der Waals surface area contributed by atoms with Gasteiger partial charge in [-0.2, -0.15) is 0 Å². The molecule has 58 heavy (non-hydrogen) atoms. The van der Waals surface area contributed by atoms with Crippen LogP contribution in [0.25, 0.3) is 0 Å². The van der Waals surface area contributed by atoms with Crippen molar-refractivity contribution in [2.45, 2.75) is 24.3 Å². The molecule has 2 saturated heterocycles. The van der Waals surface area contributed by atoms with E-state index in [1.165, 1.54) is 60.7 Å². The zero-order chi connectivity index (χ0) is 40.5. The van der Waals surface area contributed by atoms with Gasteiger partial charge in [0.1, 0.15) is 40.2 Å². The summed E-state index contributed by atoms with van der Waals surface area (Å²) in [6.45, 7) is 1.88. The van der Waals surface area contributed by atoms with Gasteiger partial charge in [0.05, 0.1) is 10.5 Å². The Morgan fingerprint density at radius 1 is 0.448 bits per heavy atom. The normalized spacial score (nSPS) is 21.6. The highest BCUT2D eigenvalue weighted by molar-refractivity contribution is 7.87. The number of ether oxygens (including phenoxy) is 1. The maximum Gasteiger partial charge on any atom is 0.562 e. The molecule has 298 valence electrons. The van der Waals surface area contributed by atoms with Crippen molar-refractivity contribution in [3.8, 4) is 63.2 Å². The Hall–Kier alpha value is -5.91. The molecule has 0 amide bonds. The largest absolute Gasteiger partial charge is 0.562 e. The third-order valence-corrected chi connectivity index (χ3v) is 18.9. The third kappa shape index (κ3) is 8.51. The van der Waals surface area contributed by atoms with Gasteiger partial charge >= 0.3 is 15.9 Å². The number of rotatable bonds is 12. The maximum absolute atomic E-state index is 10.2. The quantitative estimate of drug-likeness (QED) is 0.0411. The van der Waals surface area contributed by atoms with E-state index < -0.39 is 40.9 Å². The first kappa shape index (κ1) is 38.9. The molecule has 2 aliphatic heterocycles. The number of fused-ring (bicyclic) bond motifs is 1. The molecule has 15 nitrogen and oxygen atoms in total. The zero-order valence-electron chi connectivity index (χ0n) is 30.7. The number of aromatic hydroxyl groups is 6. The molecule has 0 aliphatic carbocycles. The van der Waals surface area contributed by atoms with E-state index in [1.54, 1.807) is 84.9 Å². The second-order valence-electron chi connectivity index (χ2n) is 13.4. The van der Waals surface area contributed by atoms with Crippen LogP contribution < -0.4 is 43.0 Å². The highest BCUT2D eigenvalue weighted by Crippen LogP contribution is 2.85. The van der Waals surface area contributed by atoms with Crippen molar-refractivity contribution < 1.29 is 53.5 Å². The van der Waals surface area contributed by atoms with Gasteiger partial charge in [-0.3, -0.25) is 18.1 Å². The lowest BCUT2D eigenvalue weighted by atomic mass is 10.3. The Bertz CT molecular complexity index is 2230. The lowest BCUT2D eigenvalue weighted by molar-refractivity contribution is 0.305. The van der Waals surface area contributed by atoms with Crippen LogP contribution in [0.5, 0.6) is 63.2 Å². The molecule has 4 unspecified atom stereocenters. The molecule has 2 heterocycles. The fourth-order valence-electron chi connectivity index (χ4n) is 6.17. The standard InChI is InChI=1S/C40H37N4O11P3/c1-26-41-56(42-27-2-4-28(45)5-3-27)39(40(56)51-34-16-6-29(46)7-17-34)43-58(54-37-22-12-32(49)13-23-37,55-38-24-14-33(50)15-25-38)44-57(26,52-35-18-8-30(47)9-19-35)53-36-20-10-31(48)11-21-36/h2-26,39-44H,1H3,(H3-3,45,46,47,48,49,50)/p+3. The van der Waals surface area contributed by atoms with Gasteiger partial charge in [0.2, 0.25) is 5.78 Å². The summed E-state index contributed by atoms with van der Waals surface area (Å²) >= 11 is 0. The van der Waals surface area contributed by atoms with E-state index in [0.717, 1.165) is 0 Å². The first-order valence-electron chi connectivity index (χ1n) is 17.9. The van der Waals surface area contributed by atoms with Crippen LogP contribution in [0.2, 0.25) is 0 Å². The average Bonchev–Trinajstić information content (AvgIpc) is 3.76. The highest BCUT2D eigenvalue weighted by atomic mass is 31.3. The van der Waals surface area contributed by atoms with Crippen molar-refractivity contribution in [1.82, 2.24) is 15.0 Å². The lowest BCUT2D eigenvalue weighted by Crippen LogP contribution is -2.47. The molecule has 0 radical (unpaired) electrons. The fraction of sp³-hybridized carbons (Fsp3) is 0.100. The predicted octanol–water partition coefficient (Wildman–Crippen LogP) is 8.81. The van der Waals surface area contributed by atoms with E-state index in [9.17, 15) is 30.6 Å². The van der Waals surface area contributed by atoms with Gasteiger partial charge in [0, 0.05) is 0 Å². The first-order valence-corrected chi connectivity index (χ1v) is 23.1. The molecule has 18 heteroatoms. The summed E-state index contributed by atoms with van der Waals surface area (Å²) in [5.74, 6) is -0.0399. The van der Waals surface area contributed by atoms with Crippen LogP contribution in [0.15, 0.2) is 146 Å². The fourth-order valence-corrected chi connectivity index (χ4v) is 17.7. The number of hydrogen-bond acceptors (Lipinski definition) is 15. The zero-order valence-corrected chi connectivity index (χ0v) is 33.3. The van der Waals surface area contributed by atoms with Crippen molar-refractivity contribution in [1.29, 1.82) is 0 Å². The summed E-state index contributed by atoms with van der Waals surface area (Å²) < 4.78 is 34.5. The van der Waals surface area contributed by atoms with E-state index in [4.69, 9.17) is 22.8 Å². The van der Waals surface area contributed by atoms with Crippen LogP contribution in [-0.4, -0.2) is 48.1 Å². The molecule has 0 spiro atoms. The smallest absolute Gasteiger partial charge is 0.508 e. The van der Waals surface area contributed by atoms with Gasteiger partial charge in [0.25, 0.3) is 19.2 Å². The van der Waals surface area contributed by atoms with Gasteiger partial charge in [-0.15, -0.1) is 5.09 Å². The molecular weight excluding hydrogens is 805 g/mol. The van der Waals surface area contributed by atoms with Gasteiger partial charge in [-0.05, 0) is 153 Å². The van der Waals surface area contributed by atoms with Crippen molar-refractivity contribution in [2.24, 2.45) is 0 Å². The van der Waals surface area contributed by atoms with E-state index in [2.05, 4.69) is 20.1 Å². The Morgan fingerprint density at radius 2 is 0.793 bits per heavy atom. The number of nitrogens with one attached hydrogen (secondary N) is 4. The molecular formula is C40H40N4O11P3+3. The number of phenolic OH excluding ortho intramolecular Hbond substituents is 6. The van der Waals surface area contributed by atoms with Crippen molar-refractivity contribution in [2.75, 3.05) is 5.09 Å². The lowest BCUT2D eigenvalue weighted by Gasteiger charge is -2.33. The molecule has 2 aliphatic rings. The Morgan fingerprint density at radius 3 is 1.19 bits per heavy atom. The Kier molecular flexibility index (Phi) is 10.6. The van der Waals surface area contributed by atoms with Crippen LogP contribution in [0, 0.1) is 0 Å². The number of phenols is 6. The summed E-state index contributed by atoms with van der Waals surface area (Å²) in [4.78, 5) is 3.60. The molecule has 0 bridgehead atoms. The minimum atomic E-state index is -3.88. The molecule has 10 N–H and O–H groups in total. The van der Waals surface area contributed by atoms with Crippen molar-refractivity contribution >= 4 is 29.1 Å². The second-order valence-corrected chi connectivity index (χ2v) is 21.4. The molecule has 8 rings (SSSR count). The molecule has 2 fully saturated rings. The Balaban J connectivity index is 1.34. The SMILES string of the molecule is CC1N[P+]2(Nc3ccc(O)cc3)C(N[P+](Oc3ccc(O)cc3)(Oc3ccc(O)cc3)N[P+]1(Oc1ccc(O)cc1)Oc1ccc(O)cc1)C2Oc1ccc(O)cc1. The van der Waals surface area contributed by atoms with Gasteiger partial charge in [0.15, 0.2) is 23.0 Å². The first-order chi connectivity index (χ1) is 27.9. The minimum absolute atomic E-state index is 0.0105. The highest BCUT2D eigenvalue weighted by Gasteiger charge is 2.88. The number of anilines is 1. The van der Waals surface area contributed by atoms with Gasteiger partial charge in [-0.1, -0.05) is 5.09 Å². The molecule has 6 aromatic rings. The monoisotopic (exact) mass is 845 g/mol. The van der Waals surface area contributed by atoms with E-state index in [1.807, 2.05) is 6.92 Å². The van der Waals surface area contributed by atoms with Crippen LogP contribution >= 0.6 is 23.4 Å². The molecule has 0 saturated carbocycles. The molecule has 6 aromatic carbocycles. The third-order valence-electron chi connectivity index (χ3n) is 9.08. The van der Waals surface area contributed by atoms with E-state index in [0.29, 0.717) is 34.4 Å². The van der Waals surface area contributed by atoms with Crippen molar-refractivity contribution in [3.05, 3.63) is 146 Å². The van der Waals surface area contributed by atoms with Crippen LogP contribution in [0.4, 0.5) is 5.69 Å². The Labute approximate surface area is 335 Å².